The van der Waals surface area contributed by atoms with Crippen LogP contribution in [-0.4, -0.2) is 36.4 Å². The highest BCUT2D eigenvalue weighted by Crippen LogP contribution is 2.26. The first kappa shape index (κ1) is 22.2. The van der Waals surface area contributed by atoms with Crippen LogP contribution in [0.15, 0.2) is 40.9 Å². The Balaban J connectivity index is 2.17. The van der Waals surface area contributed by atoms with Gasteiger partial charge in [-0.2, -0.15) is 0 Å². The zero-order valence-corrected chi connectivity index (χ0v) is 18.7. The Morgan fingerprint density at radius 3 is 2.43 bits per heavy atom. The van der Waals surface area contributed by atoms with Crippen LogP contribution in [0, 0.1) is 13.8 Å². The number of carbonyl (C=O) groups excluding carboxylic acids is 2. The molecule has 0 fully saturated rings. The summed E-state index contributed by atoms with van der Waals surface area (Å²) in [6, 6.07) is 10.6. The average Bonchev–Trinajstić information content (AvgIpc) is 2.67. The number of nitrogens with one attached hydrogen (secondary N) is 1. The SMILES string of the molecule is CNC(=O)C(C)N(Cc1cccc(Br)c1)C(=O)COc1cc(C)c(Cl)c(C)c1. The maximum absolute atomic E-state index is 12.9. The fraction of sp³-hybridized carbons (Fsp3) is 0.333. The lowest BCUT2D eigenvalue weighted by Crippen LogP contribution is -2.48. The Hall–Kier alpha value is -2.05. The lowest BCUT2D eigenvalue weighted by atomic mass is 10.1. The highest BCUT2D eigenvalue weighted by molar-refractivity contribution is 9.10. The predicted molar refractivity (Wildman–Crippen MR) is 115 cm³/mol. The predicted octanol–water partition coefficient (Wildman–Crippen LogP) is 4.26. The van der Waals surface area contributed by atoms with Gasteiger partial charge in [-0.1, -0.05) is 39.7 Å². The molecular formula is C21H24BrClN2O3. The smallest absolute Gasteiger partial charge is 0.261 e. The topological polar surface area (TPSA) is 58.6 Å². The molecule has 0 aliphatic rings. The summed E-state index contributed by atoms with van der Waals surface area (Å²) in [5.74, 6) is 0.0608. The van der Waals surface area contributed by atoms with E-state index in [-0.39, 0.29) is 18.4 Å². The molecule has 0 aliphatic heterocycles. The Bertz CT molecular complexity index is 849. The maximum atomic E-state index is 12.9. The maximum Gasteiger partial charge on any atom is 0.261 e. The second-order valence-electron chi connectivity index (χ2n) is 6.60. The summed E-state index contributed by atoms with van der Waals surface area (Å²) in [4.78, 5) is 26.5. The number of benzene rings is 2. The highest BCUT2D eigenvalue weighted by Gasteiger charge is 2.26. The molecule has 0 spiro atoms. The summed E-state index contributed by atoms with van der Waals surface area (Å²) in [6.45, 7) is 5.60. The van der Waals surface area contributed by atoms with Gasteiger partial charge in [0.1, 0.15) is 11.8 Å². The zero-order chi connectivity index (χ0) is 20.8. The Morgan fingerprint density at radius 1 is 1.21 bits per heavy atom. The number of likely N-dealkylation sites (N-methyl/N-ethyl adjacent to an activating group) is 1. The van der Waals surface area contributed by atoms with E-state index in [2.05, 4.69) is 21.2 Å². The third-order valence-corrected chi connectivity index (χ3v) is 5.52. The molecule has 28 heavy (non-hydrogen) atoms. The minimum Gasteiger partial charge on any atom is -0.484 e. The average molecular weight is 468 g/mol. The first-order chi connectivity index (χ1) is 13.2. The number of halogens is 2. The number of amides is 2. The summed E-state index contributed by atoms with van der Waals surface area (Å²) in [7, 11) is 1.55. The van der Waals surface area contributed by atoms with E-state index in [0.717, 1.165) is 21.2 Å². The molecule has 150 valence electrons. The van der Waals surface area contributed by atoms with E-state index in [1.807, 2.05) is 38.1 Å². The molecule has 0 aromatic heterocycles. The quantitative estimate of drug-likeness (QED) is 0.662. The number of hydrogen-bond acceptors (Lipinski definition) is 3. The zero-order valence-electron chi connectivity index (χ0n) is 16.4. The summed E-state index contributed by atoms with van der Waals surface area (Å²) in [6.07, 6.45) is 0. The van der Waals surface area contributed by atoms with Crippen LogP contribution >= 0.6 is 27.5 Å². The normalized spacial score (nSPS) is 11.6. The van der Waals surface area contributed by atoms with Crippen LogP contribution < -0.4 is 10.1 Å². The molecule has 1 N–H and O–H groups in total. The van der Waals surface area contributed by atoms with Crippen LogP contribution in [0.25, 0.3) is 0 Å². The molecule has 5 nitrogen and oxygen atoms in total. The lowest BCUT2D eigenvalue weighted by molar-refractivity contribution is -0.142. The van der Waals surface area contributed by atoms with E-state index in [9.17, 15) is 9.59 Å². The number of hydrogen-bond donors (Lipinski definition) is 1. The van der Waals surface area contributed by atoms with Gasteiger partial charge in [0, 0.05) is 23.1 Å². The van der Waals surface area contributed by atoms with E-state index in [1.165, 1.54) is 4.90 Å². The van der Waals surface area contributed by atoms with Crippen LogP contribution in [0.2, 0.25) is 5.02 Å². The van der Waals surface area contributed by atoms with Crippen molar-refractivity contribution in [3.63, 3.8) is 0 Å². The fourth-order valence-electron chi connectivity index (χ4n) is 2.84. The summed E-state index contributed by atoms with van der Waals surface area (Å²) >= 11 is 9.61. The molecule has 2 amide bonds. The van der Waals surface area contributed by atoms with E-state index < -0.39 is 6.04 Å². The van der Waals surface area contributed by atoms with Crippen molar-refractivity contribution in [1.29, 1.82) is 0 Å². The minimum absolute atomic E-state index is 0.171. The van der Waals surface area contributed by atoms with Crippen LogP contribution in [0.1, 0.15) is 23.6 Å². The molecule has 0 bridgehead atoms. The van der Waals surface area contributed by atoms with Crippen LogP contribution in [0.5, 0.6) is 5.75 Å². The van der Waals surface area contributed by atoms with Crippen molar-refractivity contribution in [3.05, 3.63) is 62.6 Å². The van der Waals surface area contributed by atoms with Gasteiger partial charge in [0.15, 0.2) is 6.61 Å². The Labute approximate surface area is 179 Å². The van der Waals surface area contributed by atoms with Crippen LogP contribution in [0.4, 0.5) is 0 Å². The van der Waals surface area contributed by atoms with E-state index in [0.29, 0.717) is 17.3 Å². The Kier molecular flexibility index (Phi) is 7.89. The van der Waals surface area contributed by atoms with Gasteiger partial charge in [-0.05, 0) is 61.7 Å². The van der Waals surface area contributed by atoms with E-state index in [4.69, 9.17) is 16.3 Å². The summed E-state index contributed by atoms with van der Waals surface area (Å²) in [5.41, 5.74) is 2.68. The molecule has 1 atom stereocenters. The Morgan fingerprint density at radius 2 is 1.86 bits per heavy atom. The van der Waals surface area contributed by atoms with E-state index in [1.54, 1.807) is 26.1 Å². The van der Waals surface area contributed by atoms with Gasteiger partial charge >= 0.3 is 0 Å². The number of rotatable bonds is 7. The molecule has 2 aromatic rings. The molecule has 0 saturated carbocycles. The summed E-state index contributed by atoms with van der Waals surface area (Å²) < 4.78 is 6.61. The van der Waals surface area contributed by atoms with Crippen molar-refractivity contribution < 1.29 is 14.3 Å². The standard InChI is InChI=1S/C21H24BrClN2O3/c1-13-8-18(9-14(2)20(13)23)28-12-19(26)25(15(3)21(27)24-4)11-16-6-5-7-17(22)10-16/h5-10,15H,11-12H2,1-4H3,(H,24,27). The molecule has 1 unspecified atom stereocenters. The van der Waals surface area contributed by atoms with Crippen LogP contribution in [0.3, 0.4) is 0 Å². The van der Waals surface area contributed by atoms with Crippen molar-refractivity contribution in [2.24, 2.45) is 0 Å². The first-order valence-corrected chi connectivity index (χ1v) is 10.0. The number of carbonyl (C=O) groups is 2. The highest BCUT2D eigenvalue weighted by atomic mass is 79.9. The number of nitrogens with zero attached hydrogens (tertiary/aromatic N) is 1. The fourth-order valence-corrected chi connectivity index (χ4v) is 3.40. The molecule has 7 heteroatoms. The van der Waals surface area contributed by atoms with Crippen molar-refractivity contribution >= 4 is 39.3 Å². The molecule has 2 rings (SSSR count). The summed E-state index contributed by atoms with van der Waals surface area (Å²) in [5, 5.41) is 3.28. The number of aryl methyl sites for hydroxylation is 2. The number of ether oxygens (including phenoxy) is 1. The van der Waals surface area contributed by atoms with Crippen molar-refractivity contribution in [2.45, 2.75) is 33.4 Å². The van der Waals surface area contributed by atoms with E-state index >= 15 is 0 Å². The first-order valence-electron chi connectivity index (χ1n) is 8.88. The van der Waals surface area contributed by atoms with Gasteiger partial charge in [0.2, 0.25) is 5.91 Å². The molecule has 0 saturated heterocycles. The van der Waals surface area contributed by atoms with Gasteiger partial charge in [-0.3, -0.25) is 9.59 Å². The van der Waals surface area contributed by atoms with Crippen molar-refractivity contribution in [3.8, 4) is 5.75 Å². The second kappa shape index (κ2) is 9.94. The molecule has 2 aromatic carbocycles. The molecule has 0 radical (unpaired) electrons. The molecule has 0 heterocycles. The second-order valence-corrected chi connectivity index (χ2v) is 7.90. The van der Waals surface area contributed by atoms with Gasteiger partial charge < -0.3 is 15.0 Å². The molecular weight excluding hydrogens is 444 g/mol. The molecule has 0 aliphatic carbocycles. The van der Waals surface area contributed by atoms with Crippen molar-refractivity contribution in [2.75, 3.05) is 13.7 Å². The minimum atomic E-state index is -0.631. The van der Waals surface area contributed by atoms with Gasteiger partial charge in [-0.25, -0.2) is 0 Å². The van der Waals surface area contributed by atoms with Gasteiger partial charge in [-0.15, -0.1) is 0 Å². The monoisotopic (exact) mass is 466 g/mol. The lowest BCUT2D eigenvalue weighted by Gasteiger charge is -2.28. The van der Waals surface area contributed by atoms with Crippen molar-refractivity contribution in [1.82, 2.24) is 10.2 Å². The van der Waals surface area contributed by atoms with Crippen LogP contribution in [-0.2, 0) is 16.1 Å². The van der Waals surface area contributed by atoms with Gasteiger partial charge in [0.05, 0.1) is 0 Å². The van der Waals surface area contributed by atoms with Gasteiger partial charge in [0.25, 0.3) is 5.91 Å². The third kappa shape index (κ3) is 5.72. The largest absolute Gasteiger partial charge is 0.484 e. The third-order valence-electron chi connectivity index (χ3n) is 4.43.